The van der Waals surface area contributed by atoms with E-state index in [1.54, 1.807) is 11.4 Å². The predicted octanol–water partition coefficient (Wildman–Crippen LogP) is 1.91. The molecule has 0 aliphatic carbocycles. The third-order valence-electron chi connectivity index (χ3n) is 3.53. The summed E-state index contributed by atoms with van der Waals surface area (Å²) in [7, 11) is 1.53. The van der Waals surface area contributed by atoms with Crippen molar-refractivity contribution in [1.82, 2.24) is 15.3 Å². The minimum atomic E-state index is -1.06. The van der Waals surface area contributed by atoms with Gasteiger partial charge in [0.15, 0.2) is 0 Å². The van der Waals surface area contributed by atoms with Crippen LogP contribution in [0.5, 0.6) is 5.75 Å². The molecule has 1 amide bonds. The van der Waals surface area contributed by atoms with Crippen LogP contribution in [-0.2, 0) is 6.61 Å². The molecule has 128 valence electrons. The second kappa shape index (κ2) is 6.73. The number of rotatable bonds is 5. The molecule has 0 unspecified atom stereocenters. The van der Waals surface area contributed by atoms with Crippen molar-refractivity contribution >= 4 is 39.1 Å². The van der Waals surface area contributed by atoms with Crippen LogP contribution in [0.25, 0.3) is 10.1 Å². The van der Waals surface area contributed by atoms with Crippen LogP contribution < -0.4 is 15.8 Å². The molecule has 4 N–H and O–H groups in total. The Kier molecular flexibility index (Phi) is 4.48. The second-order valence-electron chi connectivity index (χ2n) is 5.10. The molecule has 25 heavy (non-hydrogen) atoms. The van der Waals surface area contributed by atoms with Gasteiger partial charge in [-0.25, -0.2) is 9.78 Å². The zero-order valence-electron chi connectivity index (χ0n) is 13.1. The summed E-state index contributed by atoms with van der Waals surface area (Å²) in [5.74, 6) is -0.661. The molecule has 3 aromatic rings. The third-order valence-corrected chi connectivity index (χ3v) is 4.59. The van der Waals surface area contributed by atoms with Crippen LogP contribution in [0, 0.1) is 0 Å². The second-order valence-corrected chi connectivity index (χ2v) is 5.98. The van der Waals surface area contributed by atoms with Gasteiger partial charge in [-0.15, -0.1) is 11.3 Å². The topological polar surface area (TPSA) is 127 Å². The van der Waals surface area contributed by atoms with E-state index in [9.17, 15) is 14.7 Å². The maximum Gasteiger partial charge on any atom is 0.338 e. The number of carboxylic acids is 1. The summed E-state index contributed by atoms with van der Waals surface area (Å²) < 4.78 is 6.23. The molecule has 0 aliphatic heterocycles. The normalized spacial score (nSPS) is 10.6. The smallest absolute Gasteiger partial charge is 0.338 e. The number of nitrogens with one attached hydrogen (secondary N) is 1. The van der Waals surface area contributed by atoms with Gasteiger partial charge in [0.2, 0.25) is 0 Å². The lowest BCUT2D eigenvalue weighted by molar-refractivity contribution is 0.0698. The van der Waals surface area contributed by atoms with E-state index in [0.717, 1.165) is 5.56 Å². The highest BCUT2D eigenvalue weighted by atomic mass is 32.1. The predicted molar refractivity (Wildman–Crippen MR) is 93.0 cm³/mol. The van der Waals surface area contributed by atoms with Crippen LogP contribution in [0.1, 0.15) is 26.3 Å². The highest BCUT2D eigenvalue weighted by Gasteiger charge is 2.17. The number of hydrogen-bond donors (Lipinski definition) is 3. The maximum atomic E-state index is 11.6. The quantitative estimate of drug-likeness (QED) is 0.635. The number of fused-ring (bicyclic) bond motifs is 1. The molecule has 8 nitrogen and oxygen atoms in total. The van der Waals surface area contributed by atoms with Crippen LogP contribution in [0.4, 0.5) is 5.82 Å². The van der Waals surface area contributed by atoms with Gasteiger partial charge >= 0.3 is 5.97 Å². The molecule has 0 radical (unpaired) electrons. The van der Waals surface area contributed by atoms with E-state index in [0.29, 0.717) is 21.4 Å². The molecule has 0 aliphatic rings. The van der Waals surface area contributed by atoms with Crippen LogP contribution in [0.2, 0.25) is 0 Å². The fourth-order valence-electron chi connectivity index (χ4n) is 2.32. The molecule has 0 fully saturated rings. The summed E-state index contributed by atoms with van der Waals surface area (Å²) in [5.41, 5.74) is 7.10. The van der Waals surface area contributed by atoms with Crippen molar-refractivity contribution < 1.29 is 19.4 Å². The van der Waals surface area contributed by atoms with Gasteiger partial charge in [-0.3, -0.25) is 9.78 Å². The SMILES string of the molecule is CNC(=O)c1cncc(OCc2csc3c(C(=O)O)cnc(N)c23)c1. The Balaban J connectivity index is 1.88. The number of ether oxygens (including phenoxy) is 1. The van der Waals surface area contributed by atoms with Gasteiger partial charge < -0.3 is 20.9 Å². The summed E-state index contributed by atoms with van der Waals surface area (Å²) in [6, 6.07) is 1.57. The molecule has 3 heterocycles. The highest BCUT2D eigenvalue weighted by molar-refractivity contribution is 7.17. The van der Waals surface area contributed by atoms with E-state index in [-0.39, 0.29) is 23.9 Å². The molecule has 3 rings (SSSR count). The van der Waals surface area contributed by atoms with E-state index in [4.69, 9.17) is 10.5 Å². The number of thiophene rings is 1. The molecular formula is C16H14N4O4S. The number of pyridine rings is 2. The molecule has 0 saturated heterocycles. The first-order valence-corrected chi connectivity index (χ1v) is 8.07. The van der Waals surface area contributed by atoms with Crippen molar-refractivity contribution in [1.29, 1.82) is 0 Å². The number of nitrogens with zero attached hydrogens (tertiary/aromatic N) is 2. The van der Waals surface area contributed by atoms with Crippen LogP contribution in [0.15, 0.2) is 30.0 Å². The molecular weight excluding hydrogens is 344 g/mol. The Hall–Kier alpha value is -3.20. The number of aromatic nitrogens is 2. The van der Waals surface area contributed by atoms with E-state index in [1.807, 2.05) is 0 Å². The first-order chi connectivity index (χ1) is 12.0. The Bertz CT molecular complexity index is 970. The highest BCUT2D eigenvalue weighted by Crippen LogP contribution is 2.33. The molecule has 9 heteroatoms. The van der Waals surface area contributed by atoms with Crippen molar-refractivity contribution in [2.24, 2.45) is 0 Å². The van der Waals surface area contributed by atoms with Gasteiger partial charge in [-0.05, 0) is 11.4 Å². The first-order valence-electron chi connectivity index (χ1n) is 7.19. The lowest BCUT2D eigenvalue weighted by Crippen LogP contribution is -2.17. The lowest BCUT2D eigenvalue weighted by atomic mass is 10.1. The minimum Gasteiger partial charge on any atom is -0.487 e. The zero-order valence-corrected chi connectivity index (χ0v) is 14.0. The molecule has 0 aromatic carbocycles. The number of anilines is 1. The number of aromatic carboxylic acids is 1. The standard InChI is InChI=1S/C16H14N4O4S/c1-18-15(21)8-2-10(4-19-3-8)24-6-9-7-25-13-11(16(22)23)5-20-14(17)12(9)13/h2-5,7H,6H2,1H3,(H2,17,20)(H,18,21)(H,22,23). The van der Waals surface area contributed by atoms with Crippen LogP contribution >= 0.6 is 11.3 Å². The summed E-state index contributed by atoms with van der Waals surface area (Å²) in [6.07, 6.45) is 4.18. The number of nitrogens with two attached hydrogens (primary N) is 1. The number of carbonyl (C=O) groups is 2. The number of carboxylic acid groups (broad SMARTS) is 1. The number of carbonyl (C=O) groups excluding carboxylic acids is 1. The Labute approximate surface area is 146 Å². The molecule has 0 saturated carbocycles. The van der Waals surface area contributed by atoms with E-state index in [2.05, 4.69) is 15.3 Å². The van der Waals surface area contributed by atoms with Crippen molar-refractivity contribution in [3.63, 3.8) is 0 Å². The van der Waals surface area contributed by atoms with E-state index >= 15 is 0 Å². The van der Waals surface area contributed by atoms with Crippen LogP contribution in [0.3, 0.4) is 0 Å². The summed E-state index contributed by atoms with van der Waals surface area (Å²) in [5, 5.41) is 14.1. The van der Waals surface area contributed by atoms with Crippen LogP contribution in [-0.4, -0.2) is 34.0 Å². The van der Waals surface area contributed by atoms with Gasteiger partial charge in [0.05, 0.1) is 22.0 Å². The zero-order chi connectivity index (χ0) is 18.0. The largest absolute Gasteiger partial charge is 0.487 e. The van der Waals surface area contributed by atoms with Gasteiger partial charge in [0, 0.05) is 30.4 Å². The maximum absolute atomic E-state index is 11.6. The lowest BCUT2D eigenvalue weighted by Gasteiger charge is -2.07. The van der Waals surface area contributed by atoms with E-state index in [1.165, 1.54) is 37.0 Å². The fourth-order valence-corrected chi connectivity index (χ4v) is 3.38. The monoisotopic (exact) mass is 358 g/mol. The number of nitrogen functional groups attached to an aromatic ring is 1. The molecule has 0 atom stereocenters. The van der Waals surface area contributed by atoms with Gasteiger partial charge in [-0.1, -0.05) is 0 Å². The molecule has 3 aromatic heterocycles. The summed E-state index contributed by atoms with van der Waals surface area (Å²) >= 11 is 1.27. The van der Waals surface area contributed by atoms with Gasteiger partial charge in [0.1, 0.15) is 18.2 Å². The first kappa shape index (κ1) is 16.7. The van der Waals surface area contributed by atoms with Crippen molar-refractivity contribution in [3.05, 3.63) is 46.7 Å². The van der Waals surface area contributed by atoms with Crippen molar-refractivity contribution in [3.8, 4) is 5.75 Å². The summed E-state index contributed by atoms with van der Waals surface area (Å²) in [6.45, 7) is 0.147. The van der Waals surface area contributed by atoms with Crippen molar-refractivity contribution in [2.75, 3.05) is 12.8 Å². The van der Waals surface area contributed by atoms with E-state index < -0.39 is 5.97 Å². The van der Waals surface area contributed by atoms with Gasteiger partial charge in [-0.2, -0.15) is 0 Å². The average Bonchev–Trinajstić information content (AvgIpc) is 3.04. The van der Waals surface area contributed by atoms with Gasteiger partial charge in [0.25, 0.3) is 5.91 Å². The number of amides is 1. The Morgan fingerprint density at radius 1 is 1.36 bits per heavy atom. The summed E-state index contributed by atoms with van der Waals surface area (Å²) in [4.78, 5) is 30.8. The Morgan fingerprint density at radius 3 is 2.88 bits per heavy atom. The fraction of sp³-hybridized carbons (Fsp3) is 0.125. The third kappa shape index (κ3) is 3.22. The average molecular weight is 358 g/mol. The number of hydrogen-bond acceptors (Lipinski definition) is 7. The minimum absolute atomic E-state index is 0.101. The van der Waals surface area contributed by atoms with Crippen molar-refractivity contribution in [2.45, 2.75) is 6.61 Å². The molecule has 0 bridgehead atoms. The Morgan fingerprint density at radius 2 is 2.16 bits per heavy atom. The molecule has 0 spiro atoms.